The molecule has 0 aromatic rings. The van der Waals surface area contributed by atoms with Gasteiger partial charge in [-0.3, -0.25) is 18.6 Å². The fourth-order valence-corrected chi connectivity index (χ4v) is 5.74. The molecule has 0 heterocycles. The average Bonchev–Trinajstić information content (AvgIpc) is 3.09. The molecule has 11 heteroatoms. The largest absolute Gasteiger partial charge is 0.472 e. The summed E-state index contributed by atoms with van der Waals surface area (Å²) >= 11 is 0. The molecular formula is C38H69O10P. The standard InChI is InChI=1S/C38H69O10P/c1-3-5-7-9-11-13-15-17-19-21-23-25-27-29-37(41)47-35(31-39)33-45-49(43,44)46-34-36(32-40)48-38(42)30-28-26-24-22-20-18-16-14-12-10-8-6-4-2/h5,7,11,13,17,19,35-36,39-40H,3-4,6,8-10,12,14-16,18,20-34H2,1-2H3,(H,43,44)/b7-5-,13-11-,19-17-. The Balaban J connectivity index is 4.02. The number of allylic oxidation sites excluding steroid dienone is 6. The summed E-state index contributed by atoms with van der Waals surface area (Å²) in [5.74, 6) is -1.05. The summed E-state index contributed by atoms with van der Waals surface area (Å²) in [7, 11) is -4.63. The van der Waals surface area contributed by atoms with E-state index in [4.69, 9.17) is 18.5 Å². The van der Waals surface area contributed by atoms with Gasteiger partial charge < -0.3 is 24.6 Å². The lowest BCUT2D eigenvalue weighted by Crippen LogP contribution is -2.28. The predicted molar refractivity (Wildman–Crippen MR) is 196 cm³/mol. The molecule has 0 aromatic heterocycles. The third kappa shape index (κ3) is 33.1. The van der Waals surface area contributed by atoms with Crippen molar-refractivity contribution in [3.05, 3.63) is 36.5 Å². The summed E-state index contributed by atoms with van der Waals surface area (Å²) in [5.41, 5.74) is 0. The smallest absolute Gasteiger partial charge is 0.457 e. The number of carbonyl (C=O) groups is 2. The van der Waals surface area contributed by atoms with Gasteiger partial charge >= 0.3 is 19.8 Å². The second kappa shape index (κ2) is 34.6. The Kier molecular flexibility index (Phi) is 33.4. The van der Waals surface area contributed by atoms with Crippen LogP contribution in [0.4, 0.5) is 0 Å². The van der Waals surface area contributed by atoms with Crippen LogP contribution in [0.2, 0.25) is 0 Å². The van der Waals surface area contributed by atoms with Gasteiger partial charge in [0.15, 0.2) is 0 Å². The van der Waals surface area contributed by atoms with E-state index in [1.807, 2.05) is 0 Å². The molecule has 3 N–H and O–H groups in total. The van der Waals surface area contributed by atoms with E-state index in [0.29, 0.717) is 12.8 Å². The minimum Gasteiger partial charge on any atom is -0.457 e. The second-order valence-electron chi connectivity index (χ2n) is 12.5. The van der Waals surface area contributed by atoms with Gasteiger partial charge in [-0.15, -0.1) is 0 Å². The number of aliphatic hydroxyl groups is 2. The second-order valence-corrected chi connectivity index (χ2v) is 14.0. The average molecular weight is 717 g/mol. The Morgan fingerprint density at radius 3 is 1.39 bits per heavy atom. The summed E-state index contributed by atoms with van der Waals surface area (Å²) in [4.78, 5) is 34.3. The maximum Gasteiger partial charge on any atom is 0.472 e. The molecule has 0 fully saturated rings. The lowest BCUT2D eigenvalue weighted by atomic mass is 10.0. The lowest BCUT2D eigenvalue weighted by molar-refractivity contribution is -0.153. The van der Waals surface area contributed by atoms with Crippen LogP contribution in [0, 0.1) is 0 Å². The molecule has 10 nitrogen and oxygen atoms in total. The Morgan fingerprint density at radius 2 is 0.959 bits per heavy atom. The molecule has 49 heavy (non-hydrogen) atoms. The maximum atomic E-state index is 12.3. The highest BCUT2D eigenvalue weighted by Gasteiger charge is 2.27. The van der Waals surface area contributed by atoms with Crippen molar-refractivity contribution in [1.29, 1.82) is 0 Å². The molecule has 0 aliphatic heterocycles. The van der Waals surface area contributed by atoms with Gasteiger partial charge in [-0.2, -0.15) is 0 Å². The third-order valence-corrected chi connectivity index (χ3v) is 8.82. The molecular weight excluding hydrogens is 647 g/mol. The van der Waals surface area contributed by atoms with E-state index in [2.05, 4.69) is 50.3 Å². The summed E-state index contributed by atoms with van der Waals surface area (Å²) in [6.07, 6.45) is 32.7. The number of carbonyl (C=O) groups excluding carboxylic acids is 2. The molecule has 0 radical (unpaired) electrons. The van der Waals surface area contributed by atoms with Crippen molar-refractivity contribution in [1.82, 2.24) is 0 Å². The number of phosphoric ester groups is 1. The molecule has 0 amide bonds. The van der Waals surface area contributed by atoms with Crippen molar-refractivity contribution in [3.8, 4) is 0 Å². The Bertz CT molecular complexity index is 920. The van der Waals surface area contributed by atoms with Gasteiger partial charge in [0, 0.05) is 12.8 Å². The topological polar surface area (TPSA) is 149 Å². The van der Waals surface area contributed by atoms with Crippen LogP contribution in [0.3, 0.4) is 0 Å². The van der Waals surface area contributed by atoms with Crippen molar-refractivity contribution in [3.63, 3.8) is 0 Å². The zero-order valence-electron chi connectivity index (χ0n) is 30.7. The number of hydrogen-bond donors (Lipinski definition) is 3. The van der Waals surface area contributed by atoms with Gasteiger partial charge in [0.2, 0.25) is 0 Å². The number of ether oxygens (including phenoxy) is 2. The summed E-state index contributed by atoms with van der Waals surface area (Å²) in [5, 5.41) is 19.1. The van der Waals surface area contributed by atoms with Gasteiger partial charge in [0.05, 0.1) is 26.4 Å². The van der Waals surface area contributed by atoms with E-state index in [-0.39, 0.29) is 12.8 Å². The molecule has 0 aromatic carbocycles. The summed E-state index contributed by atoms with van der Waals surface area (Å²) in [6.45, 7) is 2.04. The molecule has 0 bridgehead atoms. The molecule has 3 atom stereocenters. The van der Waals surface area contributed by atoms with Crippen LogP contribution in [0.5, 0.6) is 0 Å². The van der Waals surface area contributed by atoms with E-state index < -0.39 is 58.4 Å². The fraction of sp³-hybridized carbons (Fsp3) is 0.789. The van der Waals surface area contributed by atoms with Crippen molar-refractivity contribution in [2.45, 2.75) is 167 Å². The highest BCUT2D eigenvalue weighted by Crippen LogP contribution is 2.43. The van der Waals surface area contributed by atoms with Crippen LogP contribution in [-0.2, 0) is 32.7 Å². The zero-order chi connectivity index (χ0) is 36.3. The molecule has 0 aliphatic rings. The van der Waals surface area contributed by atoms with Gasteiger partial charge in [0.25, 0.3) is 0 Å². The van der Waals surface area contributed by atoms with Crippen LogP contribution < -0.4 is 0 Å². The maximum absolute atomic E-state index is 12.3. The van der Waals surface area contributed by atoms with Crippen molar-refractivity contribution in [2.24, 2.45) is 0 Å². The first-order valence-electron chi connectivity index (χ1n) is 18.9. The third-order valence-electron chi connectivity index (χ3n) is 7.87. The molecule has 0 saturated carbocycles. The summed E-state index contributed by atoms with van der Waals surface area (Å²) < 4.78 is 32.4. The highest BCUT2D eigenvalue weighted by molar-refractivity contribution is 7.47. The van der Waals surface area contributed by atoms with E-state index in [1.54, 1.807) is 0 Å². The Morgan fingerprint density at radius 1 is 0.571 bits per heavy atom. The highest BCUT2D eigenvalue weighted by atomic mass is 31.2. The SMILES string of the molecule is CC/C=C\C/C=C\C/C=C\CCCCCC(=O)OC(CO)COP(=O)(O)OCC(CO)OC(=O)CCCCCCCCCCCCCCC. The van der Waals surface area contributed by atoms with Crippen molar-refractivity contribution >= 4 is 19.8 Å². The van der Waals surface area contributed by atoms with Gasteiger partial charge in [-0.25, -0.2) is 4.57 Å². The van der Waals surface area contributed by atoms with Crippen molar-refractivity contribution < 1.29 is 47.8 Å². The normalized spacial score (nSPS) is 14.5. The van der Waals surface area contributed by atoms with Crippen LogP contribution in [0.15, 0.2) is 36.5 Å². The monoisotopic (exact) mass is 716 g/mol. The lowest BCUT2D eigenvalue weighted by Gasteiger charge is -2.20. The predicted octanol–water partition coefficient (Wildman–Crippen LogP) is 9.22. The molecule has 0 spiro atoms. The zero-order valence-corrected chi connectivity index (χ0v) is 31.5. The summed E-state index contributed by atoms with van der Waals surface area (Å²) in [6, 6.07) is 0. The minimum absolute atomic E-state index is 0.157. The van der Waals surface area contributed by atoms with Crippen LogP contribution >= 0.6 is 7.82 Å². The number of hydrogen-bond acceptors (Lipinski definition) is 9. The molecule has 0 aliphatic carbocycles. The number of aliphatic hydroxyl groups excluding tert-OH is 2. The number of unbranched alkanes of at least 4 members (excludes halogenated alkanes) is 15. The van der Waals surface area contributed by atoms with Gasteiger partial charge in [0.1, 0.15) is 12.2 Å². The fourth-order valence-electron chi connectivity index (χ4n) is 4.95. The van der Waals surface area contributed by atoms with Gasteiger partial charge in [-0.1, -0.05) is 134 Å². The first-order valence-corrected chi connectivity index (χ1v) is 20.4. The molecule has 0 rings (SSSR count). The van der Waals surface area contributed by atoms with Crippen LogP contribution in [0.25, 0.3) is 0 Å². The van der Waals surface area contributed by atoms with Crippen LogP contribution in [0.1, 0.15) is 155 Å². The number of esters is 2. The van der Waals surface area contributed by atoms with E-state index in [1.165, 1.54) is 57.8 Å². The first-order chi connectivity index (χ1) is 23.8. The quantitative estimate of drug-likeness (QED) is 0.0251. The molecule has 3 unspecified atom stereocenters. The number of phosphoric acid groups is 1. The molecule has 286 valence electrons. The van der Waals surface area contributed by atoms with E-state index in [9.17, 15) is 29.3 Å². The van der Waals surface area contributed by atoms with Crippen LogP contribution in [-0.4, -0.2) is 65.7 Å². The van der Waals surface area contributed by atoms with Gasteiger partial charge in [-0.05, 0) is 44.9 Å². The minimum atomic E-state index is -4.63. The van der Waals surface area contributed by atoms with Crippen molar-refractivity contribution in [2.75, 3.05) is 26.4 Å². The van der Waals surface area contributed by atoms with E-state index in [0.717, 1.165) is 57.8 Å². The van der Waals surface area contributed by atoms with E-state index >= 15 is 0 Å². The Hall–Kier alpha value is -1.81. The number of rotatable bonds is 35. The first kappa shape index (κ1) is 47.2. The molecule has 0 saturated heterocycles. The Labute approximate surface area is 297 Å².